The zero-order valence-corrected chi connectivity index (χ0v) is 15.9. The highest BCUT2D eigenvalue weighted by molar-refractivity contribution is 6.33. The van der Waals surface area contributed by atoms with Crippen molar-refractivity contribution in [3.63, 3.8) is 0 Å². The lowest BCUT2D eigenvalue weighted by Gasteiger charge is -2.18. The molecule has 0 bridgehead atoms. The van der Waals surface area contributed by atoms with Crippen LogP contribution in [0.1, 0.15) is 36.6 Å². The number of hydrogen-bond acceptors (Lipinski definition) is 2. The highest BCUT2D eigenvalue weighted by atomic mass is 35.5. The van der Waals surface area contributed by atoms with E-state index in [0.717, 1.165) is 23.5 Å². The molecule has 0 heterocycles. The lowest BCUT2D eigenvalue weighted by Crippen LogP contribution is -2.14. The second kappa shape index (κ2) is 8.20. The standard InChI is InChI=1S/C20H26ClN3/c1-6-24(5)13-22-20-11-15(3)19(12-18(20)21)23-16(4)17-9-7-14(2)8-10-17/h7-13,16,23H,6H2,1-5H3/b22-13-. The summed E-state index contributed by atoms with van der Waals surface area (Å²) in [5.74, 6) is 0. The van der Waals surface area contributed by atoms with Crippen LogP contribution >= 0.6 is 11.6 Å². The molecule has 3 nitrogen and oxygen atoms in total. The molecule has 0 saturated heterocycles. The first-order valence-corrected chi connectivity index (χ1v) is 8.66. The highest BCUT2D eigenvalue weighted by Crippen LogP contribution is 2.32. The molecule has 1 N–H and O–H groups in total. The van der Waals surface area contributed by atoms with E-state index in [1.165, 1.54) is 11.1 Å². The zero-order valence-electron chi connectivity index (χ0n) is 15.1. The van der Waals surface area contributed by atoms with Crippen LogP contribution in [0.25, 0.3) is 0 Å². The van der Waals surface area contributed by atoms with Gasteiger partial charge < -0.3 is 10.2 Å². The van der Waals surface area contributed by atoms with Crippen LogP contribution < -0.4 is 5.32 Å². The van der Waals surface area contributed by atoms with Crippen molar-refractivity contribution in [2.24, 2.45) is 4.99 Å². The molecule has 128 valence electrons. The van der Waals surface area contributed by atoms with Crippen molar-refractivity contribution in [3.05, 3.63) is 58.1 Å². The number of aliphatic imine (C=N–C) groups is 1. The molecule has 0 spiro atoms. The van der Waals surface area contributed by atoms with E-state index in [0.29, 0.717) is 5.02 Å². The Bertz CT molecular complexity index is 708. The molecular formula is C20H26ClN3. The van der Waals surface area contributed by atoms with Gasteiger partial charge in [0.25, 0.3) is 0 Å². The van der Waals surface area contributed by atoms with Gasteiger partial charge in [-0.1, -0.05) is 41.4 Å². The van der Waals surface area contributed by atoms with E-state index in [1.54, 1.807) is 0 Å². The fraction of sp³-hybridized carbons (Fsp3) is 0.350. The Morgan fingerprint density at radius 1 is 1.21 bits per heavy atom. The molecule has 0 amide bonds. The van der Waals surface area contributed by atoms with Crippen LogP contribution in [0, 0.1) is 13.8 Å². The van der Waals surface area contributed by atoms with Crippen LogP contribution in [-0.2, 0) is 0 Å². The fourth-order valence-electron chi connectivity index (χ4n) is 2.33. The van der Waals surface area contributed by atoms with Gasteiger partial charge in [0.1, 0.15) is 0 Å². The molecular weight excluding hydrogens is 318 g/mol. The number of rotatable bonds is 6. The van der Waals surface area contributed by atoms with Gasteiger partial charge in [-0.15, -0.1) is 0 Å². The summed E-state index contributed by atoms with van der Waals surface area (Å²) in [4.78, 5) is 6.48. The van der Waals surface area contributed by atoms with Crippen molar-refractivity contribution in [2.75, 3.05) is 18.9 Å². The summed E-state index contributed by atoms with van der Waals surface area (Å²) in [5, 5.41) is 4.20. The number of nitrogens with one attached hydrogen (secondary N) is 1. The van der Waals surface area contributed by atoms with Gasteiger partial charge >= 0.3 is 0 Å². The van der Waals surface area contributed by atoms with Crippen LogP contribution in [0.15, 0.2) is 41.4 Å². The van der Waals surface area contributed by atoms with Crippen LogP contribution in [0.5, 0.6) is 0 Å². The maximum atomic E-state index is 6.41. The van der Waals surface area contributed by atoms with E-state index in [4.69, 9.17) is 11.6 Å². The first kappa shape index (κ1) is 18.3. The maximum Gasteiger partial charge on any atom is 0.0910 e. The van der Waals surface area contributed by atoms with E-state index in [1.807, 2.05) is 30.4 Å². The van der Waals surface area contributed by atoms with Gasteiger partial charge in [0, 0.05) is 25.3 Å². The Labute approximate surface area is 150 Å². The average molecular weight is 344 g/mol. The minimum atomic E-state index is 0.209. The van der Waals surface area contributed by atoms with Crippen molar-refractivity contribution >= 4 is 29.3 Å². The Morgan fingerprint density at radius 3 is 2.50 bits per heavy atom. The summed E-state index contributed by atoms with van der Waals surface area (Å²) in [5.41, 5.74) is 5.48. The van der Waals surface area contributed by atoms with Gasteiger partial charge in [-0.2, -0.15) is 0 Å². The SMILES string of the molecule is CCN(C)/C=N\c1cc(C)c(NC(C)c2ccc(C)cc2)cc1Cl. The molecule has 0 aliphatic carbocycles. The lowest BCUT2D eigenvalue weighted by molar-refractivity contribution is 0.552. The number of hydrogen-bond donors (Lipinski definition) is 1. The van der Waals surface area contributed by atoms with Gasteiger partial charge in [0.2, 0.25) is 0 Å². The largest absolute Gasteiger partial charge is 0.378 e. The van der Waals surface area contributed by atoms with Gasteiger partial charge in [0.05, 0.1) is 17.0 Å². The molecule has 1 unspecified atom stereocenters. The molecule has 24 heavy (non-hydrogen) atoms. The van der Waals surface area contributed by atoms with Gasteiger partial charge in [0.15, 0.2) is 0 Å². The van der Waals surface area contributed by atoms with E-state index < -0.39 is 0 Å². The summed E-state index contributed by atoms with van der Waals surface area (Å²) < 4.78 is 0. The molecule has 2 aromatic rings. The molecule has 1 atom stereocenters. The molecule has 0 saturated carbocycles. The molecule has 4 heteroatoms. The van der Waals surface area contributed by atoms with Crippen LogP contribution in [0.2, 0.25) is 5.02 Å². The first-order chi connectivity index (χ1) is 11.4. The molecule has 0 radical (unpaired) electrons. The molecule has 0 aliphatic rings. The molecule has 0 aliphatic heterocycles. The van der Waals surface area contributed by atoms with Crippen LogP contribution in [-0.4, -0.2) is 24.8 Å². The number of halogens is 1. The molecule has 0 fully saturated rings. The van der Waals surface area contributed by atoms with Crippen LogP contribution in [0.4, 0.5) is 11.4 Å². The quantitative estimate of drug-likeness (QED) is 0.534. The van der Waals surface area contributed by atoms with Gasteiger partial charge in [-0.25, -0.2) is 4.99 Å². The summed E-state index contributed by atoms with van der Waals surface area (Å²) in [7, 11) is 1.99. The number of nitrogens with zero attached hydrogens (tertiary/aromatic N) is 2. The fourth-order valence-corrected chi connectivity index (χ4v) is 2.55. The Balaban J connectivity index is 2.18. The van der Waals surface area contributed by atoms with Crippen molar-refractivity contribution in [3.8, 4) is 0 Å². The van der Waals surface area contributed by atoms with E-state index in [2.05, 4.69) is 62.3 Å². The summed E-state index contributed by atoms with van der Waals surface area (Å²) in [6, 6.07) is 12.8. The molecule has 0 aromatic heterocycles. The Morgan fingerprint density at radius 2 is 1.88 bits per heavy atom. The average Bonchev–Trinajstić information content (AvgIpc) is 2.56. The zero-order chi connectivity index (χ0) is 17.7. The third kappa shape index (κ3) is 4.75. The number of benzene rings is 2. The Hall–Kier alpha value is -2.00. The molecule has 2 rings (SSSR count). The summed E-state index contributed by atoms with van der Waals surface area (Å²) in [6.07, 6.45) is 1.81. The first-order valence-electron chi connectivity index (χ1n) is 8.28. The maximum absolute atomic E-state index is 6.41. The lowest BCUT2D eigenvalue weighted by atomic mass is 10.1. The normalized spacial score (nSPS) is 12.4. The smallest absolute Gasteiger partial charge is 0.0910 e. The topological polar surface area (TPSA) is 27.6 Å². The van der Waals surface area contributed by atoms with Crippen molar-refractivity contribution in [1.82, 2.24) is 4.90 Å². The number of anilines is 1. The van der Waals surface area contributed by atoms with E-state index in [-0.39, 0.29) is 6.04 Å². The third-order valence-corrected chi connectivity index (χ3v) is 4.44. The van der Waals surface area contributed by atoms with Gasteiger partial charge in [-0.3, -0.25) is 0 Å². The van der Waals surface area contributed by atoms with Crippen molar-refractivity contribution in [2.45, 2.75) is 33.7 Å². The second-order valence-corrected chi connectivity index (χ2v) is 6.62. The van der Waals surface area contributed by atoms with Crippen LogP contribution in [0.3, 0.4) is 0 Å². The predicted octanol–water partition coefficient (Wildman–Crippen LogP) is 5.74. The van der Waals surface area contributed by atoms with Crippen molar-refractivity contribution < 1.29 is 0 Å². The minimum Gasteiger partial charge on any atom is -0.378 e. The molecule has 2 aromatic carbocycles. The monoisotopic (exact) mass is 343 g/mol. The van der Waals surface area contributed by atoms with E-state index in [9.17, 15) is 0 Å². The summed E-state index contributed by atoms with van der Waals surface area (Å²) >= 11 is 6.41. The predicted molar refractivity (Wildman–Crippen MR) is 106 cm³/mol. The van der Waals surface area contributed by atoms with E-state index >= 15 is 0 Å². The highest BCUT2D eigenvalue weighted by Gasteiger charge is 2.10. The Kier molecular flexibility index (Phi) is 6.27. The third-order valence-electron chi connectivity index (χ3n) is 4.14. The minimum absolute atomic E-state index is 0.209. The second-order valence-electron chi connectivity index (χ2n) is 6.21. The van der Waals surface area contributed by atoms with Gasteiger partial charge in [-0.05, 0) is 51.0 Å². The number of aryl methyl sites for hydroxylation is 2. The summed E-state index contributed by atoms with van der Waals surface area (Å²) in [6.45, 7) is 9.32. The van der Waals surface area contributed by atoms with Crippen molar-refractivity contribution in [1.29, 1.82) is 0 Å².